The van der Waals surface area contributed by atoms with Gasteiger partial charge in [0.15, 0.2) is 0 Å². The molecule has 0 aromatic heterocycles. The largest absolute Gasteiger partial charge is 0.507 e. The second-order valence-corrected chi connectivity index (χ2v) is 7.45. The number of carbonyl (C=O) groups is 1. The Morgan fingerprint density at radius 2 is 1.58 bits per heavy atom. The lowest BCUT2D eigenvalue weighted by atomic mass is 9.73. The summed E-state index contributed by atoms with van der Waals surface area (Å²) < 4.78 is 0. The van der Waals surface area contributed by atoms with E-state index in [9.17, 15) is 15.0 Å². The summed E-state index contributed by atoms with van der Waals surface area (Å²) in [6, 6.07) is 13.4. The van der Waals surface area contributed by atoms with E-state index in [-0.39, 0.29) is 16.7 Å². The van der Waals surface area contributed by atoms with Crippen molar-refractivity contribution in [2.24, 2.45) is 0 Å². The Kier molecular flexibility index (Phi) is 4.75. The fourth-order valence-corrected chi connectivity index (χ4v) is 2.88. The lowest BCUT2D eigenvalue weighted by Crippen LogP contribution is -2.23. The number of aromatic carboxylic acids is 1. The molecule has 0 saturated carbocycles. The molecular weight excluding hydrogens is 300 g/mol. The zero-order chi connectivity index (χ0) is 18.1. The fraction of sp³-hybridized carbons (Fsp3) is 0.381. The number of carboxylic acid groups (broad SMARTS) is 1. The molecule has 0 bridgehead atoms. The average Bonchev–Trinajstić information content (AvgIpc) is 2.55. The standard InChI is InChI=1S/C21H26O3/c1-6-20(2,3)15-12-16(19(23)24)18(22)17(13-15)21(4,5)14-10-8-7-9-11-14/h7-13,22H,6H2,1-5H3,(H,23,24). The van der Waals surface area contributed by atoms with Crippen LogP contribution in [0.3, 0.4) is 0 Å². The number of rotatable bonds is 5. The van der Waals surface area contributed by atoms with Crippen LogP contribution >= 0.6 is 0 Å². The molecule has 0 unspecified atom stereocenters. The number of carboxylic acids is 1. The quantitative estimate of drug-likeness (QED) is 0.803. The molecule has 2 rings (SSSR count). The second kappa shape index (κ2) is 6.31. The highest BCUT2D eigenvalue weighted by atomic mass is 16.4. The summed E-state index contributed by atoms with van der Waals surface area (Å²) in [5, 5.41) is 20.2. The first-order valence-electron chi connectivity index (χ1n) is 8.28. The van der Waals surface area contributed by atoms with Crippen molar-refractivity contribution in [3.8, 4) is 5.75 Å². The fourth-order valence-electron chi connectivity index (χ4n) is 2.88. The minimum atomic E-state index is -1.11. The van der Waals surface area contributed by atoms with Crippen molar-refractivity contribution in [1.29, 1.82) is 0 Å². The van der Waals surface area contributed by atoms with Gasteiger partial charge >= 0.3 is 5.97 Å². The molecule has 0 spiro atoms. The normalized spacial score (nSPS) is 12.2. The van der Waals surface area contributed by atoms with Gasteiger partial charge < -0.3 is 10.2 Å². The van der Waals surface area contributed by atoms with E-state index >= 15 is 0 Å². The van der Waals surface area contributed by atoms with Gasteiger partial charge in [0.1, 0.15) is 11.3 Å². The maximum absolute atomic E-state index is 11.6. The topological polar surface area (TPSA) is 57.5 Å². The van der Waals surface area contributed by atoms with Crippen LogP contribution < -0.4 is 0 Å². The summed E-state index contributed by atoms with van der Waals surface area (Å²) in [5.41, 5.74) is 1.90. The molecule has 3 nitrogen and oxygen atoms in total. The van der Waals surface area contributed by atoms with Gasteiger partial charge in [-0.2, -0.15) is 0 Å². The maximum atomic E-state index is 11.6. The van der Waals surface area contributed by atoms with Gasteiger partial charge in [-0.15, -0.1) is 0 Å². The molecule has 0 aliphatic carbocycles. The molecule has 2 N–H and O–H groups in total. The first kappa shape index (κ1) is 18.1. The summed E-state index contributed by atoms with van der Waals surface area (Å²) in [6.07, 6.45) is 0.877. The molecule has 0 saturated heterocycles. The smallest absolute Gasteiger partial charge is 0.339 e. The van der Waals surface area contributed by atoms with E-state index in [1.807, 2.05) is 50.2 Å². The van der Waals surface area contributed by atoms with Crippen LogP contribution in [0.25, 0.3) is 0 Å². The highest BCUT2D eigenvalue weighted by Gasteiger charge is 2.31. The van der Waals surface area contributed by atoms with E-state index in [4.69, 9.17) is 0 Å². The van der Waals surface area contributed by atoms with Crippen LogP contribution in [0.1, 0.15) is 68.1 Å². The lowest BCUT2D eigenvalue weighted by molar-refractivity contribution is 0.0693. The van der Waals surface area contributed by atoms with Crippen molar-refractivity contribution in [3.63, 3.8) is 0 Å². The first-order chi connectivity index (χ1) is 11.1. The van der Waals surface area contributed by atoms with Gasteiger partial charge in [0.2, 0.25) is 0 Å². The molecule has 128 valence electrons. The van der Waals surface area contributed by atoms with Gasteiger partial charge in [-0.05, 0) is 29.0 Å². The predicted octanol–water partition coefficient (Wildman–Crippen LogP) is 5.10. The zero-order valence-corrected chi connectivity index (χ0v) is 15.1. The van der Waals surface area contributed by atoms with Gasteiger partial charge in [-0.1, -0.05) is 71.0 Å². The van der Waals surface area contributed by atoms with Crippen molar-refractivity contribution in [2.75, 3.05) is 0 Å². The minimum absolute atomic E-state index is 0.0342. The predicted molar refractivity (Wildman–Crippen MR) is 97.0 cm³/mol. The summed E-state index contributed by atoms with van der Waals surface area (Å²) in [6.45, 7) is 10.3. The summed E-state index contributed by atoms with van der Waals surface area (Å²) in [7, 11) is 0. The van der Waals surface area contributed by atoms with E-state index in [0.717, 1.165) is 17.5 Å². The van der Waals surface area contributed by atoms with Crippen molar-refractivity contribution >= 4 is 5.97 Å². The Balaban J connectivity index is 2.75. The summed E-state index contributed by atoms with van der Waals surface area (Å²) >= 11 is 0. The van der Waals surface area contributed by atoms with Gasteiger partial charge in [0.05, 0.1) is 0 Å². The number of aromatic hydroxyl groups is 1. The van der Waals surface area contributed by atoms with Crippen LogP contribution in [0.2, 0.25) is 0 Å². The van der Waals surface area contributed by atoms with E-state index in [2.05, 4.69) is 20.8 Å². The molecule has 2 aromatic carbocycles. The van der Waals surface area contributed by atoms with Crippen LogP contribution in [-0.2, 0) is 10.8 Å². The van der Waals surface area contributed by atoms with Gasteiger partial charge in [-0.3, -0.25) is 0 Å². The summed E-state index contributed by atoms with van der Waals surface area (Å²) in [4.78, 5) is 11.6. The van der Waals surface area contributed by atoms with E-state index in [0.29, 0.717) is 5.56 Å². The highest BCUT2D eigenvalue weighted by molar-refractivity contribution is 5.92. The molecule has 0 aliphatic rings. The van der Waals surface area contributed by atoms with Crippen molar-refractivity contribution in [2.45, 2.75) is 51.9 Å². The molecule has 0 aliphatic heterocycles. The van der Waals surface area contributed by atoms with Crippen LogP contribution in [0.4, 0.5) is 0 Å². The molecular formula is C21H26O3. The third kappa shape index (κ3) is 3.16. The number of hydrogen-bond donors (Lipinski definition) is 2. The SMILES string of the molecule is CCC(C)(C)c1cc(C(=O)O)c(O)c(C(C)(C)c2ccccc2)c1. The molecule has 0 amide bonds. The molecule has 0 fully saturated rings. The Bertz CT molecular complexity index is 743. The average molecular weight is 326 g/mol. The molecule has 24 heavy (non-hydrogen) atoms. The lowest BCUT2D eigenvalue weighted by Gasteiger charge is -2.31. The Morgan fingerprint density at radius 1 is 1.00 bits per heavy atom. The number of hydrogen-bond acceptors (Lipinski definition) is 2. The van der Waals surface area contributed by atoms with Gasteiger partial charge in [0, 0.05) is 11.0 Å². The third-order valence-electron chi connectivity index (χ3n) is 5.17. The van der Waals surface area contributed by atoms with Crippen LogP contribution in [-0.4, -0.2) is 16.2 Å². The van der Waals surface area contributed by atoms with Gasteiger partial charge in [0.25, 0.3) is 0 Å². The van der Waals surface area contributed by atoms with E-state index < -0.39 is 11.4 Å². The van der Waals surface area contributed by atoms with Crippen LogP contribution in [0.5, 0.6) is 5.75 Å². The molecule has 2 aromatic rings. The Hall–Kier alpha value is -2.29. The molecule has 0 radical (unpaired) electrons. The Morgan fingerprint density at radius 3 is 2.08 bits per heavy atom. The maximum Gasteiger partial charge on any atom is 0.339 e. The van der Waals surface area contributed by atoms with Crippen molar-refractivity contribution < 1.29 is 15.0 Å². The van der Waals surface area contributed by atoms with Crippen LogP contribution in [0, 0.1) is 0 Å². The summed E-state index contributed by atoms with van der Waals surface area (Å²) in [5.74, 6) is -1.25. The number of benzene rings is 2. The highest BCUT2D eigenvalue weighted by Crippen LogP contribution is 2.41. The van der Waals surface area contributed by atoms with Crippen molar-refractivity contribution in [3.05, 3.63) is 64.7 Å². The molecule has 3 heteroatoms. The zero-order valence-electron chi connectivity index (χ0n) is 15.1. The first-order valence-corrected chi connectivity index (χ1v) is 8.28. The minimum Gasteiger partial charge on any atom is -0.507 e. The second-order valence-electron chi connectivity index (χ2n) is 7.45. The third-order valence-corrected chi connectivity index (χ3v) is 5.17. The van der Waals surface area contributed by atoms with E-state index in [1.54, 1.807) is 6.07 Å². The van der Waals surface area contributed by atoms with Crippen molar-refractivity contribution in [1.82, 2.24) is 0 Å². The Labute approximate surface area is 144 Å². The monoisotopic (exact) mass is 326 g/mol. The molecule has 0 heterocycles. The van der Waals surface area contributed by atoms with Gasteiger partial charge in [-0.25, -0.2) is 4.79 Å². The molecule has 0 atom stereocenters. The van der Waals surface area contributed by atoms with Crippen LogP contribution in [0.15, 0.2) is 42.5 Å². The van der Waals surface area contributed by atoms with E-state index in [1.165, 1.54) is 0 Å². The number of phenols is 1.